The van der Waals surface area contributed by atoms with E-state index in [1.807, 2.05) is 0 Å². The van der Waals surface area contributed by atoms with Crippen molar-refractivity contribution in [3.63, 3.8) is 0 Å². The number of rotatable bonds is 7. The maximum Gasteiger partial charge on any atom is 0.0547 e. The molecule has 0 atom stereocenters. The number of para-hydroxylation sites is 1. The Bertz CT molecular complexity index is 2910. The zero-order valence-corrected chi connectivity index (χ0v) is 29.7. The second kappa shape index (κ2) is 13.4. The summed E-state index contributed by atoms with van der Waals surface area (Å²) in [5, 5.41) is 5.04. The van der Waals surface area contributed by atoms with Gasteiger partial charge in [-0.2, -0.15) is 0 Å². The predicted molar refractivity (Wildman–Crippen MR) is 229 cm³/mol. The van der Waals surface area contributed by atoms with Gasteiger partial charge in [0.05, 0.1) is 11.0 Å². The minimum Gasteiger partial charge on any atom is -0.310 e. The van der Waals surface area contributed by atoms with E-state index >= 15 is 0 Å². The third-order valence-electron chi connectivity index (χ3n) is 10.6. The van der Waals surface area contributed by atoms with Crippen molar-refractivity contribution in [3.8, 4) is 39.1 Å². The monoisotopic (exact) mass is 688 g/mol. The van der Waals surface area contributed by atoms with Crippen LogP contribution in [0.4, 0.5) is 17.1 Å². The Morgan fingerprint density at radius 2 is 0.889 bits per heavy atom. The Balaban J connectivity index is 1.17. The average Bonchev–Trinajstić information content (AvgIpc) is 3.60. The number of nitrogens with zero attached hydrogens (tertiary/aromatic N) is 2. The third kappa shape index (κ3) is 5.53. The smallest absolute Gasteiger partial charge is 0.0547 e. The van der Waals surface area contributed by atoms with E-state index in [1.54, 1.807) is 0 Å². The van der Waals surface area contributed by atoms with Crippen molar-refractivity contribution < 1.29 is 0 Å². The molecule has 2 heteroatoms. The van der Waals surface area contributed by atoms with E-state index in [-0.39, 0.29) is 0 Å². The summed E-state index contributed by atoms with van der Waals surface area (Å²) in [5.41, 5.74) is 14.0. The van der Waals surface area contributed by atoms with Gasteiger partial charge in [-0.15, -0.1) is 0 Å². The maximum absolute atomic E-state index is 2.44. The first-order chi connectivity index (χ1) is 26.8. The highest BCUT2D eigenvalue weighted by Gasteiger charge is 2.19. The summed E-state index contributed by atoms with van der Waals surface area (Å²) >= 11 is 0. The average molecular weight is 689 g/mol. The van der Waals surface area contributed by atoms with Crippen LogP contribution < -0.4 is 4.90 Å². The molecule has 0 spiro atoms. The van der Waals surface area contributed by atoms with E-state index in [9.17, 15) is 0 Å². The van der Waals surface area contributed by atoms with Gasteiger partial charge in [0.1, 0.15) is 0 Å². The quantitative estimate of drug-likeness (QED) is 0.162. The molecule has 0 N–H and O–H groups in total. The molecule has 0 aliphatic heterocycles. The van der Waals surface area contributed by atoms with Gasteiger partial charge in [0, 0.05) is 33.5 Å². The summed E-state index contributed by atoms with van der Waals surface area (Å²) in [7, 11) is 0. The first-order valence-corrected chi connectivity index (χ1v) is 18.5. The summed E-state index contributed by atoms with van der Waals surface area (Å²) in [4.78, 5) is 2.38. The fourth-order valence-corrected chi connectivity index (χ4v) is 8.08. The highest BCUT2D eigenvalue weighted by Crippen LogP contribution is 2.43. The predicted octanol–water partition coefficient (Wildman–Crippen LogP) is 14.4. The Morgan fingerprint density at radius 1 is 0.315 bits per heavy atom. The first-order valence-electron chi connectivity index (χ1n) is 18.5. The second-order valence-electron chi connectivity index (χ2n) is 13.8. The number of hydrogen-bond donors (Lipinski definition) is 0. The van der Waals surface area contributed by atoms with Crippen LogP contribution in [-0.4, -0.2) is 4.57 Å². The van der Waals surface area contributed by atoms with E-state index in [0.717, 1.165) is 22.7 Å². The summed E-state index contributed by atoms with van der Waals surface area (Å²) in [6.45, 7) is 0. The molecule has 9 aromatic carbocycles. The van der Waals surface area contributed by atoms with Crippen LogP contribution in [0.15, 0.2) is 218 Å². The minimum absolute atomic E-state index is 1.09. The van der Waals surface area contributed by atoms with Crippen LogP contribution in [0.1, 0.15) is 0 Å². The van der Waals surface area contributed by atoms with Crippen LogP contribution in [0.5, 0.6) is 0 Å². The van der Waals surface area contributed by atoms with Gasteiger partial charge in [-0.1, -0.05) is 164 Å². The fraction of sp³-hybridized carbons (Fsp3) is 0. The molecule has 0 radical (unpaired) electrons. The molecular formula is C52H36N2. The highest BCUT2D eigenvalue weighted by atomic mass is 15.1. The molecule has 10 rings (SSSR count). The summed E-state index contributed by atoms with van der Waals surface area (Å²) in [6, 6.07) is 78.8. The topological polar surface area (TPSA) is 8.17 Å². The van der Waals surface area contributed by atoms with Gasteiger partial charge < -0.3 is 9.47 Å². The highest BCUT2D eigenvalue weighted by molar-refractivity contribution is 6.24. The van der Waals surface area contributed by atoms with Gasteiger partial charge in [-0.05, 0) is 98.8 Å². The molecule has 54 heavy (non-hydrogen) atoms. The zero-order valence-electron chi connectivity index (χ0n) is 29.7. The number of hydrogen-bond acceptors (Lipinski definition) is 1. The molecule has 1 heterocycles. The Labute approximate surface area is 315 Å². The molecule has 0 saturated carbocycles. The third-order valence-corrected chi connectivity index (χ3v) is 10.6. The lowest BCUT2D eigenvalue weighted by Gasteiger charge is -2.27. The molecule has 0 fully saturated rings. The molecular weight excluding hydrogens is 653 g/mol. The fourth-order valence-electron chi connectivity index (χ4n) is 8.08. The van der Waals surface area contributed by atoms with Crippen LogP contribution in [0.2, 0.25) is 0 Å². The molecule has 10 aromatic rings. The van der Waals surface area contributed by atoms with E-state index < -0.39 is 0 Å². The van der Waals surface area contributed by atoms with Crippen molar-refractivity contribution in [1.82, 2.24) is 4.57 Å². The molecule has 1 aromatic heterocycles. The van der Waals surface area contributed by atoms with Gasteiger partial charge in [-0.25, -0.2) is 0 Å². The van der Waals surface area contributed by atoms with Crippen LogP contribution in [0.25, 0.3) is 71.6 Å². The van der Waals surface area contributed by atoms with Gasteiger partial charge in [0.15, 0.2) is 0 Å². The van der Waals surface area contributed by atoms with Gasteiger partial charge in [0.2, 0.25) is 0 Å². The van der Waals surface area contributed by atoms with Crippen molar-refractivity contribution in [2.24, 2.45) is 0 Å². The molecule has 254 valence electrons. The van der Waals surface area contributed by atoms with Crippen molar-refractivity contribution in [3.05, 3.63) is 218 Å². The van der Waals surface area contributed by atoms with Gasteiger partial charge in [-0.3, -0.25) is 0 Å². The summed E-state index contributed by atoms with van der Waals surface area (Å²) in [6.07, 6.45) is 0. The summed E-state index contributed by atoms with van der Waals surface area (Å²) in [5.74, 6) is 0. The van der Waals surface area contributed by atoms with Crippen LogP contribution in [0.3, 0.4) is 0 Å². The maximum atomic E-state index is 2.44. The Hall–Kier alpha value is -7.16. The van der Waals surface area contributed by atoms with Crippen molar-refractivity contribution in [1.29, 1.82) is 0 Å². The van der Waals surface area contributed by atoms with E-state index in [0.29, 0.717) is 0 Å². The second-order valence-corrected chi connectivity index (χ2v) is 13.8. The molecule has 0 aliphatic rings. The lowest BCUT2D eigenvalue weighted by Crippen LogP contribution is -2.10. The SMILES string of the molecule is c1ccc(-c2ccc(N(c3cccc(-c4ccccc4)c3)c3cccc(-n4c5ccccc5c5c6c(-c7ccccc7)cccc6ccc54)c3)cc2)cc1. The molecule has 0 aliphatic carbocycles. The molecule has 0 saturated heterocycles. The number of benzene rings is 9. The van der Waals surface area contributed by atoms with Crippen LogP contribution in [-0.2, 0) is 0 Å². The zero-order chi connectivity index (χ0) is 35.8. The summed E-state index contributed by atoms with van der Waals surface area (Å²) < 4.78 is 2.44. The van der Waals surface area contributed by atoms with E-state index in [2.05, 4.69) is 228 Å². The largest absolute Gasteiger partial charge is 0.310 e. The first kappa shape index (κ1) is 31.6. The number of aromatic nitrogens is 1. The van der Waals surface area contributed by atoms with Crippen molar-refractivity contribution in [2.75, 3.05) is 4.90 Å². The molecule has 0 bridgehead atoms. The normalized spacial score (nSPS) is 11.3. The lowest BCUT2D eigenvalue weighted by molar-refractivity contribution is 1.17. The van der Waals surface area contributed by atoms with E-state index in [1.165, 1.54) is 66.0 Å². The van der Waals surface area contributed by atoms with Gasteiger partial charge >= 0.3 is 0 Å². The number of fused-ring (bicyclic) bond motifs is 5. The minimum atomic E-state index is 1.09. The lowest BCUT2D eigenvalue weighted by atomic mass is 9.94. The number of anilines is 3. The van der Waals surface area contributed by atoms with E-state index in [4.69, 9.17) is 0 Å². The molecule has 0 unspecified atom stereocenters. The Morgan fingerprint density at radius 3 is 1.63 bits per heavy atom. The Kier molecular flexibility index (Phi) is 7.85. The van der Waals surface area contributed by atoms with Crippen molar-refractivity contribution in [2.45, 2.75) is 0 Å². The van der Waals surface area contributed by atoms with Crippen molar-refractivity contribution >= 4 is 49.6 Å². The van der Waals surface area contributed by atoms with Crippen LogP contribution >= 0.6 is 0 Å². The molecule has 2 nitrogen and oxygen atoms in total. The standard InChI is InChI=1S/C52H36N2/c1-4-15-37(16-5-1)39-29-32-43(33-30-39)53(44-23-12-22-42(35-44)38-17-6-2-7-18-38)45-24-14-25-46(36-45)54-49-28-11-10-26-48(49)52-50(54)34-31-41-21-13-27-47(51(41)52)40-19-8-3-9-20-40/h1-36H. The van der Waals surface area contributed by atoms with Crippen LogP contribution in [0, 0.1) is 0 Å². The van der Waals surface area contributed by atoms with Gasteiger partial charge in [0.25, 0.3) is 0 Å². The molecule has 0 amide bonds.